The van der Waals surface area contributed by atoms with Gasteiger partial charge in [0.15, 0.2) is 11.5 Å². The smallest absolute Gasteiger partial charge is 0.162 e. The van der Waals surface area contributed by atoms with Gasteiger partial charge < -0.3 is 9.47 Å². The molecular formula is C12H18N2O2. The fraction of sp³-hybridized carbons (Fsp3) is 0.417. The molecule has 0 saturated heterocycles. The van der Waals surface area contributed by atoms with Gasteiger partial charge in [-0.25, -0.2) is 0 Å². The first-order valence-corrected chi connectivity index (χ1v) is 5.30. The van der Waals surface area contributed by atoms with Crippen LogP contribution in [-0.2, 0) is 7.05 Å². The number of rotatable bonds is 2. The lowest BCUT2D eigenvalue weighted by Gasteiger charge is -2.05. The number of hydrogen-bond donors (Lipinski definition) is 0. The third-order valence-corrected chi connectivity index (χ3v) is 2.12. The number of aromatic nitrogens is 2. The van der Waals surface area contributed by atoms with Crippen LogP contribution in [0.4, 0.5) is 0 Å². The van der Waals surface area contributed by atoms with Gasteiger partial charge in [-0.1, -0.05) is 13.8 Å². The summed E-state index contributed by atoms with van der Waals surface area (Å²) in [5.74, 6) is 1.44. The molecule has 0 aliphatic heterocycles. The molecule has 0 saturated carbocycles. The molecule has 0 N–H and O–H groups in total. The van der Waals surface area contributed by atoms with Gasteiger partial charge in [0.25, 0.3) is 0 Å². The second kappa shape index (κ2) is 5.39. The molecule has 16 heavy (non-hydrogen) atoms. The van der Waals surface area contributed by atoms with E-state index in [0.29, 0.717) is 5.75 Å². The van der Waals surface area contributed by atoms with Crippen LogP contribution >= 0.6 is 0 Å². The van der Waals surface area contributed by atoms with E-state index in [-0.39, 0.29) is 0 Å². The maximum Gasteiger partial charge on any atom is 0.162 e. The van der Waals surface area contributed by atoms with Crippen LogP contribution in [0, 0.1) is 0 Å². The first kappa shape index (κ1) is 12.4. The molecule has 2 rings (SSSR count). The summed E-state index contributed by atoms with van der Waals surface area (Å²) in [7, 11) is 5.13. The molecule has 1 aromatic heterocycles. The Morgan fingerprint density at radius 1 is 1.06 bits per heavy atom. The summed E-state index contributed by atoms with van der Waals surface area (Å²) in [6.45, 7) is 4.00. The van der Waals surface area contributed by atoms with Crippen molar-refractivity contribution in [2.45, 2.75) is 13.8 Å². The second-order valence-corrected chi connectivity index (χ2v) is 3.07. The molecule has 1 heterocycles. The van der Waals surface area contributed by atoms with Gasteiger partial charge in [0, 0.05) is 24.7 Å². The van der Waals surface area contributed by atoms with Gasteiger partial charge in [-0.2, -0.15) is 5.10 Å². The molecular weight excluding hydrogens is 204 g/mol. The van der Waals surface area contributed by atoms with Crippen LogP contribution in [0.3, 0.4) is 0 Å². The molecule has 2 aromatic rings. The van der Waals surface area contributed by atoms with Crippen molar-refractivity contribution in [3.8, 4) is 11.5 Å². The van der Waals surface area contributed by atoms with Crippen LogP contribution < -0.4 is 9.47 Å². The van der Waals surface area contributed by atoms with Gasteiger partial charge in [0.05, 0.1) is 19.7 Å². The molecule has 0 fully saturated rings. The lowest BCUT2D eigenvalue weighted by molar-refractivity contribution is 0.356. The van der Waals surface area contributed by atoms with E-state index in [9.17, 15) is 0 Å². The Hall–Kier alpha value is -1.71. The number of benzene rings is 1. The first-order chi connectivity index (χ1) is 7.74. The van der Waals surface area contributed by atoms with Gasteiger partial charge in [-0.3, -0.25) is 4.68 Å². The standard InChI is InChI=1S/C10H12N2O2.C2H6/c1-12-6-7-4-9(13-2)10(14-3)5-8(7)11-12;1-2/h4-6H,1-3H3;1-2H3. The highest BCUT2D eigenvalue weighted by molar-refractivity contribution is 5.82. The van der Waals surface area contributed by atoms with Crippen molar-refractivity contribution in [1.82, 2.24) is 9.78 Å². The third-order valence-electron chi connectivity index (χ3n) is 2.12. The van der Waals surface area contributed by atoms with E-state index in [1.807, 2.05) is 39.2 Å². The number of ether oxygens (including phenoxy) is 2. The van der Waals surface area contributed by atoms with Crippen molar-refractivity contribution < 1.29 is 9.47 Å². The Balaban J connectivity index is 0.000000606. The van der Waals surface area contributed by atoms with Crippen molar-refractivity contribution in [2.24, 2.45) is 7.05 Å². The van der Waals surface area contributed by atoms with E-state index in [0.717, 1.165) is 16.7 Å². The highest BCUT2D eigenvalue weighted by Crippen LogP contribution is 2.31. The van der Waals surface area contributed by atoms with Gasteiger partial charge in [0.1, 0.15) is 0 Å². The lowest BCUT2D eigenvalue weighted by Crippen LogP contribution is -1.89. The average Bonchev–Trinajstić information content (AvgIpc) is 2.68. The number of methoxy groups -OCH3 is 2. The molecule has 0 radical (unpaired) electrons. The zero-order valence-corrected chi connectivity index (χ0v) is 10.4. The molecule has 0 atom stereocenters. The monoisotopic (exact) mass is 222 g/mol. The summed E-state index contributed by atoms with van der Waals surface area (Å²) in [4.78, 5) is 0. The average molecular weight is 222 g/mol. The molecule has 88 valence electrons. The molecule has 0 unspecified atom stereocenters. The van der Waals surface area contributed by atoms with Crippen molar-refractivity contribution in [2.75, 3.05) is 14.2 Å². The minimum atomic E-state index is 0.707. The molecule has 0 aliphatic carbocycles. The predicted molar refractivity (Wildman–Crippen MR) is 65.2 cm³/mol. The topological polar surface area (TPSA) is 36.3 Å². The fourth-order valence-corrected chi connectivity index (χ4v) is 1.47. The molecule has 0 bridgehead atoms. The Labute approximate surface area is 95.8 Å². The van der Waals surface area contributed by atoms with Gasteiger partial charge >= 0.3 is 0 Å². The lowest BCUT2D eigenvalue weighted by atomic mass is 10.2. The van der Waals surface area contributed by atoms with Crippen LogP contribution in [0.2, 0.25) is 0 Å². The van der Waals surface area contributed by atoms with E-state index < -0.39 is 0 Å². The quantitative estimate of drug-likeness (QED) is 0.783. The fourth-order valence-electron chi connectivity index (χ4n) is 1.47. The summed E-state index contributed by atoms with van der Waals surface area (Å²) in [6, 6.07) is 3.79. The van der Waals surface area contributed by atoms with Crippen LogP contribution in [0.15, 0.2) is 18.3 Å². The molecule has 0 spiro atoms. The molecule has 4 nitrogen and oxygen atoms in total. The normalized spacial score (nSPS) is 9.56. The first-order valence-electron chi connectivity index (χ1n) is 5.30. The zero-order valence-electron chi connectivity index (χ0n) is 10.4. The van der Waals surface area contributed by atoms with E-state index in [2.05, 4.69) is 5.10 Å². The highest BCUT2D eigenvalue weighted by atomic mass is 16.5. The molecule has 0 aliphatic rings. The molecule has 0 amide bonds. The van der Waals surface area contributed by atoms with Crippen LogP contribution in [0.1, 0.15) is 13.8 Å². The maximum absolute atomic E-state index is 5.19. The summed E-state index contributed by atoms with van der Waals surface area (Å²) in [6.07, 6.45) is 1.94. The van der Waals surface area contributed by atoms with Crippen molar-refractivity contribution in [1.29, 1.82) is 0 Å². The SMILES string of the molecule is CC.COc1cc2cn(C)nc2cc1OC. The largest absolute Gasteiger partial charge is 0.493 e. The Bertz CT molecular complexity index is 422. The van der Waals surface area contributed by atoms with E-state index in [4.69, 9.17) is 9.47 Å². The summed E-state index contributed by atoms with van der Waals surface area (Å²) < 4.78 is 12.1. The maximum atomic E-state index is 5.19. The minimum Gasteiger partial charge on any atom is -0.493 e. The second-order valence-electron chi connectivity index (χ2n) is 3.07. The van der Waals surface area contributed by atoms with Crippen LogP contribution in [0.5, 0.6) is 11.5 Å². The highest BCUT2D eigenvalue weighted by Gasteiger charge is 2.07. The van der Waals surface area contributed by atoms with Crippen molar-refractivity contribution in [3.05, 3.63) is 18.3 Å². The van der Waals surface area contributed by atoms with Gasteiger partial charge in [-0.15, -0.1) is 0 Å². The number of fused-ring (bicyclic) bond motifs is 1. The van der Waals surface area contributed by atoms with Crippen LogP contribution in [-0.4, -0.2) is 24.0 Å². The predicted octanol–water partition coefficient (Wildman–Crippen LogP) is 2.62. The Morgan fingerprint density at radius 3 is 2.19 bits per heavy atom. The van der Waals surface area contributed by atoms with E-state index in [1.165, 1.54) is 0 Å². The molecule has 1 aromatic carbocycles. The van der Waals surface area contributed by atoms with Crippen molar-refractivity contribution in [3.63, 3.8) is 0 Å². The van der Waals surface area contributed by atoms with Crippen LogP contribution in [0.25, 0.3) is 10.9 Å². The summed E-state index contributed by atoms with van der Waals surface area (Å²) in [5.41, 5.74) is 0.908. The van der Waals surface area contributed by atoms with E-state index >= 15 is 0 Å². The number of hydrogen-bond acceptors (Lipinski definition) is 3. The third kappa shape index (κ3) is 2.27. The minimum absolute atomic E-state index is 0.707. The zero-order chi connectivity index (χ0) is 12.1. The summed E-state index contributed by atoms with van der Waals surface area (Å²) >= 11 is 0. The van der Waals surface area contributed by atoms with Crippen molar-refractivity contribution >= 4 is 10.9 Å². The Morgan fingerprint density at radius 2 is 1.62 bits per heavy atom. The Kier molecular flexibility index (Phi) is 4.17. The number of nitrogens with zero attached hydrogens (tertiary/aromatic N) is 2. The molecule has 4 heteroatoms. The number of aryl methyl sites for hydroxylation is 1. The van der Waals surface area contributed by atoms with Gasteiger partial charge in [-0.05, 0) is 6.07 Å². The summed E-state index contributed by atoms with van der Waals surface area (Å²) in [5, 5.41) is 5.32. The van der Waals surface area contributed by atoms with E-state index in [1.54, 1.807) is 18.9 Å². The van der Waals surface area contributed by atoms with Gasteiger partial charge in [0.2, 0.25) is 0 Å².